The van der Waals surface area contributed by atoms with Gasteiger partial charge in [0.15, 0.2) is 4.30 Å². The van der Waals surface area contributed by atoms with Gasteiger partial charge in [0, 0.05) is 0 Å². The maximum atomic E-state index is 8.63. The molecule has 0 aliphatic rings. The van der Waals surface area contributed by atoms with Crippen LogP contribution in [0.25, 0.3) is 0 Å². The van der Waals surface area contributed by atoms with Crippen LogP contribution in [0.4, 0.5) is 0 Å². The van der Waals surface area contributed by atoms with Gasteiger partial charge >= 0.3 is 0 Å². The number of rotatable bonds is 0. The third-order valence-corrected chi connectivity index (χ3v) is 0.756. The lowest BCUT2D eigenvalue weighted by molar-refractivity contribution is 0.475. The van der Waals surface area contributed by atoms with Crippen LogP contribution in [0.1, 0.15) is 0 Å². The minimum absolute atomic E-state index is 0.322. The first kappa shape index (κ1) is 16.2. The predicted molar refractivity (Wildman–Crippen MR) is 64.1 cm³/mol. The largest absolute Gasteiger partial charge is 0.508 e. The lowest BCUT2D eigenvalue weighted by atomic mass is 10.3. The molecule has 1 rings (SSSR count). The maximum Gasteiger partial charge on any atom is 0.180 e. The highest BCUT2D eigenvalue weighted by Gasteiger charge is 1.79. The molecule has 14 heavy (non-hydrogen) atoms. The van der Waals surface area contributed by atoms with E-state index in [0.717, 1.165) is 0 Å². The second-order valence-electron chi connectivity index (χ2n) is 1.68. The number of benzene rings is 1. The number of nitrogens with zero attached hydrogens (tertiary/aromatic N) is 1. The van der Waals surface area contributed by atoms with Gasteiger partial charge in [0.05, 0.1) is 0 Å². The van der Waals surface area contributed by atoms with Crippen molar-refractivity contribution in [3.8, 4) is 11.2 Å². The zero-order valence-corrected chi connectivity index (χ0v) is 10.1. The molecule has 0 aliphatic heterocycles. The maximum absolute atomic E-state index is 8.63. The van der Waals surface area contributed by atoms with Crippen molar-refractivity contribution in [1.82, 2.24) is 0 Å². The van der Waals surface area contributed by atoms with E-state index in [1.54, 1.807) is 24.3 Å². The molecule has 1 aromatic rings. The SMILES string of the molecule is ClC(Cl)Cl.N#CS.Oc1ccccc1. The zero-order chi connectivity index (χ0) is 11.4. The zero-order valence-electron chi connectivity index (χ0n) is 6.94. The van der Waals surface area contributed by atoms with Crippen LogP contribution >= 0.6 is 47.4 Å². The Balaban J connectivity index is 0. The number of phenols is 1. The molecule has 0 saturated carbocycles. The molecule has 1 N–H and O–H groups in total. The Kier molecular flexibility index (Phi) is 14.7. The molecule has 0 bridgehead atoms. The second-order valence-corrected chi connectivity index (χ2v) is 3.86. The van der Waals surface area contributed by atoms with Gasteiger partial charge in [0.1, 0.15) is 11.2 Å². The minimum Gasteiger partial charge on any atom is -0.508 e. The summed E-state index contributed by atoms with van der Waals surface area (Å²) in [6.45, 7) is 0. The third kappa shape index (κ3) is 22.6. The summed E-state index contributed by atoms with van der Waals surface area (Å²) in [5.74, 6) is 0.322. The monoisotopic (exact) mass is 271 g/mol. The van der Waals surface area contributed by atoms with Crippen LogP contribution < -0.4 is 0 Å². The van der Waals surface area contributed by atoms with Crippen LogP contribution in [-0.4, -0.2) is 9.40 Å². The van der Waals surface area contributed by atoms with E-state index in [1.165, 1.54) is 5.40 Å². The van der Waals surface area contributed by atoms with Gasteiger partial charge in [-0.15, -0.1) is 0 Å². The Hall–Kier alpha value is -0.270. The Morgan fingerprint density at radius 1 is 1.21 bits per heavy atom. The quantitative estimate of drug-likeness (QED) is 0.429. The molecule has 0 fully saturated rings. The predicted octanol–water partition coefficient (Wildman–Crippen LogP) is 3.78. The van der Waals surface area contributed by atoms with E-state index in [1.807, 2.05) is 6.07 Å². The Morgan fingerprint density at radius 2 is 1.50 bits per heavy atom. The van der Waals surface area contributed by atoms with Gasteiger partial charge in [0.2, 0.25) is 0 Å². The topological polar surface area (TPSA) is 44.0 Å². The number of aromatic hydroxyl groups is 1. The molecule has 0 aromatic heterocycles. The van der Waals surface area contributed by atoms with Crippen molar-refractivity contribution >= 4 is 47.4 Å². The van der Waals surface area contributed by atoms with Crippen LogP contribution in [-0.2, 0) is 0 Å². The van der Waals surface area contributed by atoms with Gasteiger partial charge in [-0.05, 0) is 12.1 Å². The van der Waals surface area contributed by atoms with Crippen molar-refractivity contribution in [3.05, 3.63) is 30.3 Å². The lowest BCUT2D eigenvalue weighted by Crippen LogP contribution is -1.56. The van der Waals surface area contributed by atoms with E-state index >= 15 is 0 Å². The van der Waals surface area contributed by atoms with Gasteiger partial charge in [0.25, 0.3) is 0 Å². The molecule has 0 radical (unpaired) electrons. The standard InChI is InChI=1S/C6H6O.CHCl3.CHNS/c7-6-4-2-1-3-5-6;2-1(3)4;2-1-3/h1-5,7H;1H;3H. The molecule has 1 aromatic carbocycles. The number of para-hydroxylation sites is 1. The number of hydrogen-bond donors (Lipinski definition) is 2. The van der Waals surface area contributed by atoms with Gasteiger partial charge in [-0.25, -0.2) is 0 Å². The first-order valence-corrected chi connectivity index (χ1v) is 4.99. The highest BCUT2D eigenvalue weighted by Crippen LogP contribution is 2.03. The van der Waals surface area contributed by atoms with Crippen molar-refractivity contribution in [1.29, 1.82) is 5.26 Å². The fourth-order valence-corrected chi connectivity index (χ4v) is 0.428. The van der Waals surface area contributed by atoms with E-state index in [0.29, 0.717) is 5.75 Å². The van der Waals surface area contributed by atoms with Crippen molar-refractivity contribution in [2.75, 3.05) is 0 Å². The third-order valence-electron chi connectivity index (χ3n) is 0.756. The molecule has 0 saturated heterocycles. The summed E-state index contributed by atoms with van der Waals surface area (Å²) >= 11 is 17.5. The molecule has 6 heteroatoms. The fraction of sp³-hybridized carbons (Fsp3) is 0.125. The average Bonchev–Trinajstić information content (AvgIpc) is 2.05. The molecule has 0 amide bonds. The van der Waals surface area contributed by atoms with Gasteiger partial charge < -0.3 is 5.11 Å². The van der Waals surface area contributed by atoms with Gasteiger partial charge in [-0.1, -0.05) is 65.6 Å². The molecule has 0 atom stereocenters. The molecule has 0 aliphatic carbocycles. The molecule has 2 nitrogen and oxygen atoms in total. The Morgan fingerprint density at radius 3 is 1.64 bits per heavy atom. The number of phenolic OH excluding ortho intramolecular Hbond substituents is 1. The van der Waals surface area contributed by atoms with Gasteiger partial charge in [-0.2, -0.15) is 5.26 Å². The summed E-state index contributed by atoms with van der Waals surface area (Å²) in [4.78, 5) is 0. The summed E-state index contributed by atoms with van der Waals surface area (Å²) in [6.07, 6.45) is 0. The Bertz CT molecular complexity index is 248. The number of thiol groups is 1. The van der Waals surface area contributed by atoms with E-state index < -0.39 is 4.30 Å². The van der Waals surface area contributed by atoms with Crippen molar-refractivity contribution in [2.45, 2.75) is 4.30 Å². The van der Waals surface area contributed by atoms with E-state index in [4.69, 9.17) is 45.2 Å². The van der Waals surface area contributed by atoms with Crippen LogP contribution in [0.3, 0.4) is 0 Å². The van der Waals surface area contributed by atoms with Crippen LogP contribution in [0.2, 0.25) is 0 Å². The highest BCUT2D eigenvalue weighted by molar-refractivity contribution is 7.85. The molecule has 78 valence electrons. The molecule has 0 unspecified atom stereocenters. The Labute approximate surface area is 103 Å². The number of thiocyanates is 1. The van der Waals surface area contributed by atoms with Crippen molar-refractivity contribution in [3.63, 3.8) is 0 Å². The first-order chi connectivity index (χ1) is 6.54. The van der Waals surface area contributed by atoms with Crippen LogP contribution in [0.5, 0.6) is 5.75 Å². The molecular formula is C8H8Cl3NOS. The highest BCUT2D eigenvalue weighted by atomic mass is 35.6. The summed E-state index contributed by atoms with van der Waals surface area (Å²) in [5.41, 5.74) is 0. The fourth-order valence-electron chi connectivity index (χ4n) is 0.428. The number of alkyl halides is 3. The number of hydrogen-bond acceptors (Lipinski definition) is 3. The summed E-state index contributed by atoms with van der Waals surface area (Å²) < 4.78 is -0.750. The average molecular weight is 273 g/mol. The van der Waals surface area contributed by atoms with E-state index in [-0.39, 0.29) is 0 Å². The summed E-state index contributed by atoms with van der Waals surface area (Å²) in [5, 5.41) is 17.3. The first-order valence-electron chi connectivity index (χ1n) is 3.24. The second kappa shape index (κ2) is 12.7. The molecular weight excluding hydrogens is 265 g/mol. The van der Waals surface area contributed by atoms with Crippen molar-refractivity contribution < 1.29 is 5.11 Å². The number of halogens is 3. The van der Waals surface area contributed by atoms with E-state index in [9.17, 15) is 0 Å². The summed E-state index contributed by atoms with van der Waals surface area (Å²) in [6, 6.07) is 8.71. The summed E-state index contributed by atoms with van der Waals surface area (Å²) in [7, 11) is 0. The molecule has 0 heterocycles. The van der Waals surface area contributed by atoms with Crippen LogP contribution in [0, 0.1) is 10.7 Å². The molecule has 0 spiro atoms. The van der Waals surface area contributed by atoms with E-state index in [2.05, 4.69) is 12.6 Å². The van der Waals surface area contributed by atoms with Gasteiger partial charge in [-0.3, -0.25) is 0 Å². The minimum atomic E-state index is -0.750. The van der Waals surface area contributed by atoms with Crippen LogP contribution in [0.15, 0.2) is 30.3 Å². The smallest absolute Gasteiger partial charge is 0.180 e. The normalized spacial score (nSPS) is 7.43. The van der Waals surface area contributed by atoms with Crippen molar-refractivity contribution in [2.24, 2.45) is 0 Å². The lowest BCUT2D eigenvalue weighted by Gasteiger charge is -1.82. The number of nitriles is 1.